The van der Waals surface area contributed by atoms with Gasteiger partial charge < -0.3 is 10.3 Å². The van der Waals surface area contributed by atoms with Crippen molar-refractivity contribution in [3.05, 3.63) is 36.3 Å². The summed E-state index contributed by atoms with van der Waals surface area (Å²) in [5.74, 6) is 0.874. The van der Waals surface area contributed by atoms with E-state index in [4.69, 9.17) is 5.73 Å². The van der Waals surface area contributed by atoms with E-state index in [-0.39, 0.29) is 0 Å². The van der Waals surface area contributed by atoms with Crippen molar-refractivity contribution < 1.29 is 0 Å². The lowest BCUT2D eigenvalue weighted by molar-refractivity contribution is 0.766. The fourth-order valence-electron chi connectivity index (χ4n) is 1.81. The molecule has 0 amide bonds. The number of benzene rings is 1. The Bertz CT molecular complexity index is 750. The van der Waals surface area contributed by atoms with Gasteiger partial charge in [-0.05, 0) is 24.8 Å². The Morgan fingerprint density at radius 1 is 1.21 bits per heavy atom. The monoisotopic (exact) mass is 271 g/mol. The standard InChI is InChI=1S/C13H13N5S/c1-8-16-17-13(18(8)2)19-12-9-5-3-4-6-11(9)15-7-10(12)14/h3-7H,14H2,1-2H3. The Morgan fingerprint density at radius 3 is 2.74 bits per heavy atom. The molecule has 2 aromatic heterocycles. The van der Waals surface area contributed by atoms with Gasteiger partial charge in [-0.2, -0.15) is 0 Å². The van der Waals surface area contributed by atoms with Gasteiger partial charge in [0.1, 0.15) is 5.82 Å². The highest BCUT2D eigenvalue weighted by molar-refractivity contribution is 7.99. The van der Waals surface area contributed by atoms with Gasteiger partial charge in [0, 0.05) is 17.3 Å². The number of para-hydroxylation sites is 1. The molecule has 0 saturated carbocycles. The average molecular weight is 271 g/mol. The van der Waals surface area contributed by atoms with Crippen LogP contribution in [-0.2, 0) is 7.05 Å². The molecule has 1 aromatic carbocycles. The van der Waals surface area contributed by atoms with Crippen molar-refractivity contribution in [3.63, 3.8) is 0 Å². The molecule has 3 aromatic rings. The van der Waals surface area contributed by atoms with Gasteiger partial charge in [0.05, 0.1) is 17.4 Å². The van der Waals surface area contributed by atoms with E-state index in [9.17, 15) is 0 Å². The van der Waals surface area contributed by atoms with E-state index in [2.05, 4.69) is 15.2 Å². The van der Waals surface area contributed by atoms with Crippen molar-refractivity contribution >= 4 is 28.4 Å². The first-order valence-corrected chi connectivity index (χ1v) is 6.65. The van der Waals surface area contributed by atoms with Crippen LogP contribution >= 0.6 is 11.8 Å². The SMILES string of the molecule is Cc1nnc(Sc2c(N)cnc3ccccc23)n1C. The molecule has 96 valence electrons. The molecular weight excluding hydrogens is 258 g/mol. The van der Waals surface area contributed by atoms with Crippen LogP contribution in [0.4, 0.5) is 5.69 Å². The number of nitrogens with two attached hydrogens (primary N) is 1. The van der Waals surface area contributed by atoms with Crippen LogP contribution < -0.4 is 5.73 Å². The van der Waals surface area contributed by atoms with E-state index in [1.165, 1.54) is 11.8 Å². The Balaban J connectivity index is 2.14. The molecule has 0 bridgehead atoms. The van der Waals surface area contributed by atoms with Crippen molar-refractivity contribution in [1.29, 1.82) is 0 Å². The summed E-state index contributed by atoms with van der Waals surface area (Å²) < 4.78 is 1.94. The fraction of sp³-hybridized carbons (Fsp3) is 0.154. The minimum absolute atomic E-state index is 0.657. The molecule has 3 rings (SSSR count). The summed E-state index contributed by atoms with van der Waals surface area (Å²) in [6.45, 7) is 1.92. The summed E-state index contributed by atoms with van der Waals surface area (Å²) >= 11 is 1.52. The summed E-state index contributed by atoms with van der Waals surface area (Å²) in [6.07, 6.45) is 1.69. The first-order chi connectivity index (χ1) is 9.16. The van der Waals surface area contributed by atoms with Crippen molar-refractivity contribution in [1.82, 2.24) is 19.7 Å². The number of aromatic nitrogens is 4. The minimum atomic E-state index is 0.657. The number of hydrogen-bond donors (Lipinski definition) is 1. The third-order valence-electron chi connectivity index (χ3n) is 3.00. The van der Waals surface area contributed by atoms with Crippen molar-refractivity contribution in [2.45, 2.75) is 17.0 Å². The molecule has 0 radical (unpaired) electrons. The van der Waals surface area contributed by atoms with Crippen LogP contribution in [0.2, 0.25) is 0 Å². The third kappa shape index (κ3) is 2.04. The average Bonchev–Trinajstić information content (AvgIpc) is 2.74. The van der Waals surface area contributed by atoms with E-state index in [0.717, 1.165) is 26.8 Å². The van der Waals surface area contributed by atoms with Crippen molar-refractivity contribution in [3.8, 4) is 0 Å². The van der Waals surface area contributed by atoms with Gasteiger partial charge in [0.25, 0.3) is 0 Å². The Labute approximate surface area is 114 Å². The summed E-state index contributed by atoms with van der Waals surface area (Å²) in [5.41, 5.74) is 7.64. The highest BCUT2D eigenvalue weighted by Gasteiger charge is 2.12. The smallest absolute Gasteiger partial charge is 0.195 e. The molecule has 0 spiro atoms. The molecule has 0 aliphatic heterocycles. The summed E-state index contributed by atoms with van der Waals surface area (Å²) in [4.78, 5) is 5.30. The normalized spacial score (nSPS) is 11.1. The predicted octanol–water partition coefficient (Wildman–Crippen LogP) is 2.41. The number of nitrogens with zero attached hydrogens (tertiary/aromatic N) is 4. The maximum atomic E-state index is 6.05. The highest BCUT2D eigenvalue weighted by atomic mass is 32.2. The zero-order chi connectivity index (χ0) is 13.4. The number of nitrogen functional groups attached to an aromatic ring is 1. The fourth-order valence-corrected chi connectivity index (χ4v) is 2.80. The van der Waals surface area contributed by atoms with Crippen LogP contribution in [0.5, 0.6) is 0 Å². The molecule has 0 aliphatic carbocycles. The molecule has 0 fully saturated rings. The molecule has 0 unspecified atom stereocenters. The van der Waals surface area contributed by atoms with Crippen molar-refractivity contribution in [2.24, 2.45) is 7.05 Å². The molecule has 5 nitrogen and oxygen atoms in total. The van der Waals surface area contributed by atoms with Gasteiger partial charge in [-0.25, -0.2) is 0 Å². The van der Waals surface area contributed by atoms with Gasteiger partial charge in [-0.1, -0.05) is 18.2 Å². The maximum absolute atomic E-state index is 6.05. The topological polar surface area (TPSA) is 69.6 Å². The second-order valence-corrected chi connectivity index (χ2v) is 5.23. The number of fused-ring (bicyclic) bond motifs is 1. The van der Waals surface area contributed by atoms with Crippen LogP contribution in [-0.4, -0.2) is 19.7 Å². The third-order valence-corrected chi connectivity index (χ3v) is 4.20. The molecule has 19 heavy (non-hydrogen) atoms. The molecule has 0 saturated heterocycles. The Hall–Kier alpha value is -2.08. The number of aryl methyl sites for hydroxylation is 1. The Morgan fingerprint density at radius 2 is 2.00 bits per heavy atom. The molecule has 2 heterocycles. The summed E-state index contributed by atoms with van der Waals surface area (Å²) in [6, 6.07) is 7.94. The van der Waals surface area contributed by atoms with Crippen LogP contribution in [0.1, 0.15) is 5.82 Å². The van der Waals surface area contributed by atoms with Crippen LogP contribution in [0.25, 0.3) is 10.9 Å². The number of hydrogen-bond acceptors (Lipinski definition) is 5. The molecule has 0 atom stereocenters. The second-order valence-electron chi connectivity index (χ2n) is 4.25. The molecular formula is C13H13N5S. The van der Waals surface area contributed by atoms with E-state index in [1.54, 1.807) is 6.20 Å². The summed E-state index contributed by atoms with van der Waals surface area (Å²) in [5, 5.41) is 10.1. The van der Waals surface area contributed by atoms with E-state index >= 15 is 0 Å². The molecule has 0 aliphatic rings. The van der Waals surface area contributed by atoms with Gasteiger partial charge in [-0.15, -0.1) is 10.2 Å². The zero-order valence-electron chi connectivity index (χ0n) is 10.7. The lowest BCUT2D eigenvalue weighted by Crippen LogP contribution is -1.96. The van der Waals surface area contributed by atoms with Gasteiger partial charge >= 0.3 is 0 Å². The van der Waals surface area contributed by atoms with E-state index in [1.807, 2.05) is 42.8 Å². The first kappa shape index (κ1) is 12.0. The quantitative estimate of drug-likeness (QED) is 0.775. The van der Waals surface area contributed by atoms with Gasteiger partial charge in [0.15, 0.2) is 5.16 Å². The lowest BCUT2D eigenvalue weighted by atomic mass is 10.2. The van der Waals surface area contributed by atoms with Gasteiger partial charge in [-0.3, -0.25) is 4.98 Å². The second kappa shape index (κ2) is 4.55. The molecule has 6 heteroatoms. The number of anilines is 1. The van der Waals surface area contributed by atoms with Crippen LogP contribution in [0.3, 0.4) is 0 Å². The number of pyridine rings is 1. The molecule has 2 N–H and O–H groups in total. The van der Waals surface area contributed by atoms with Crippen LogP contribution in [0, 0.1) is 6.92 Å². The zero-order valence-corrected chi connectivity index (χ0v) is 11.5. The lowest BCUT2D eigenvalue weighted by Gasteiger charge is -2.08. The predicted molar refractivity (Wildman–Crippen MR) is 76.0 cm³/mol. The minimum Gasteiger partial charge on any atom is -0.397 e. The van der Waals surface area contributed by atoms with E-state index in [0.29, 0.717) is 5.69 Å². The Kier molecular flexibility index (Phi) is 2.87. The van der Waals surface area contributed by atoms with Crippen molar-refractivity contribution in [2.75, 3.05) is 5.73 Å². The van der Waals surface area contributed by atoms with E-state index < -0.39 is 0 Å². The number of rotatable bonds is 2. The highest BCUT2D eigenvalue weighted by Crippen LogP contribution is 2.35. The largest absolute Gasteiger partial charge is 0.397 e. The van der Waals surface area contributed by atoms with Gasteiger partial charge in [0.2, 0.25) is 0 Å². The summed E-state index contributed by atoms with van der Waals surface area (Å²) in [7, 11) is 1.94. The first-order valence-electron chi connectivity index (χ1n) is 5.84. The maximum Gasteiger partial charge on any atom is 0.195 e. The van der Waals surface area contributed by atoms with Crippen LogP contribution in [0.15, 0.2) is 40.5 Å².